The first kappa shape index (κ1) is 15.3. The monoisotopic (exact) mass is 298 g/mol. The molecule has 0 aliphatic carbocycles. The van der Waals surface area contributed by atoms with E-state index in [-0.39, 0.29) is 0 Å². The third kappa shape index (κ3) is 4.16. The molecule has 0 aliphatic rings. The SMILES string of the molecule is C=CCN=C(NCC=C)Sc1nc2ccccc2nc1C. The maximum absolute atomic E-state index is 4.66. The highest BCUT2D eigenvalue weighted by atomic mass is 32.2. The van der Waals surface area contributed by atoms with Crippen molar-refractivity contribution in [2.24, 2.45) is 4.99 Å². The van der Waals surface area contributed by atoms with Gasteiger partial charge in [-0.05, 0) is 30.8 Å². The van der Waals surface area contributed by atoms with E-state index in [1.807, 2.05) is 31.2 Å². The number of fused-ring (bicyclic) bond motifs is 1. The summed E-state index contributed by atoms with van der Waals surface area (Å²) in [5, 5.41) is 4.86. The highest BCUT2D eigenvalue weighted by molar-refractivity contribution is 8.13. The zero-order valence-corrected chi connectivity index (χ0v) is 12.9. The Hall–Kier alpha value is -2.14. The number of hydrogen-bond donors (Lipinski definition) is 1. The molecule has 1 heterocycles. The second-order valence-electron chi connectivity index (χ2n) is 4.31. The third-order valence-corrected chi connectivity index (χ3v) is 3.70. The Morgan fingerprint density at radius 1 is 1.24 bits per heavy atom. The van der Waals surface area contributed by atoms with E-state index in [2.05, 4.69) is 33.4 Å². The summed E-state index contributed by atoms with van der Waals surface area (Å²) in [4.78, 5) is 13.7. The van der Waals surface area contributed by atoms with E-state index >= 15 is 0 Å². The van der Waals surface area contributed by atoms with E-state index in [1.54, 1.807) is 12.2 Å². The summed E-state index contributed by atoms with van der Waals surface area (Å²) in [5.41, 5.74) is 2.69. The molecule has 4 nitrogen and oxygen atoms in total. The first-order valence-electron chi connectivity index (χ1n) is 6.66. The Balaban J connectivity index is 2.28. The topological polar surface area (TPSA) is 50.2 Å². The van der Waals surface area contributed by atoms with Gasteiger partial charge in [-0.1, -0.05) is 24.3 Å². The summed E-state index contributed by atoms with van der Waals surface area (Å²) in [6, 6.07) is 7.85. The van der Waals surface area contributed by atoms with Crippen LogP contribution in [-0.4, -0.2) is 28.2 Å². The van der Waals surface area contributed by atoms with E-state index in [1.165, 1.54) is 11.8 Å². The number of thioether (sulfide) groups is 1. The lowest BCUT2D eigenvalue weighted by Gasteiger charge is -2.09. The number of para-hydroxylation sites is 2. The number of hydrogen-bond acceptors (Lipinski definition) is 4. The molecule has 5 heteroatoms. The number of aryl methyl sites for hydroxylation is 1. The van der Waals surface area contributed by atoms with E-state index in [4.69, 9.17) is 0 Å². The fourth-order valence-corrected chi connectivity index (χ4v) is 2.51. The van der Waals surface area contributed by atoms with Crippen molar-refractivity contribution in [3.8, 4) is 0 Å². The van der Waals surface area contributed by atoms with E-state index in [9.17, 15) is 0 Å². The van der Waals surface area contributed by atoms with Crippen LogP contribution in [0.15, 0.2) is 59.6 Å². The van der Waals surface area contributed by atoms with Gasteiger partial charge < -0.3 is 5.32 Å². The number of aromatic nitrogens is 2. The van der Waals surface area contributed by atoms with Gasteiger partial charge in [0, 0.05) is 6.54 Å². The fourth-order valence-electron chi connectivity index (χ4n) is 1.69. The minimum Gasteiger partial charge on any atom is -0.361 e. The molecule has 21 heavy (non-hydrogen) atoms. The Bertz CT molecular complexity index is 679. The van der Waals surface area contributed by atoms with Gasteiger partial charge in [-0.3, -0.25) is 4.99 Å². The summed E-state index contributed by atoms with van der Waals surface area (Å²) in [6.07, 6.45) is 3.55. The quantitative estimate of drug-likeness (QED) is 0.398. The van der Waals surface area contributed by atoms with Crippen LogP contribution >= 0.6 is 11.8 Å². The second kappa shape index (κ2) is 7.59. The molecule has 1 aromatic carbocycles. The lowest BCUT2D eigenvalue weighted by atomic mass is 10.3. The van der Waals surface area contributed by atoms with Crippen LogP contribution in [0.3, 0.4) is 0 Å². The van der Waals surface area contributed by atoms with Crippen molar-refractivity contribution in [2.45, 2.75) is 11.9 Å². The highest BCUT2D eigenvalue weighted by Crippen LogP contribution is 2.22. The number of rotatable bonds is 5. The van der Waals surface area contributed by atoms with Crippen LogP contribution < -0.4 is 5.32 Å². The minimum atomic E-state index is 0.562. The molecule has 108 valence electrons. The minimum absolute atomic E-state index is 0.562. The zero-order valence-electron chi connectivity index (χ0n) is 12.0. The van der Waals surface area contributed by atoms with Crippen LogP contribution in [0.25, 0.3) is 11.0 Å². The number of nitrogens with zero attached hydrogens (tertiary/aromatic N) is 3. The van der Waals surface area contributed by atoms with Crippen LogP contribution in [0.5, 0.6) is 0 Å². The molecule has 1 aromatic heterocycles. The van der Waals surface area contributed by atoms with Gasteiger partial charge in [0.2, 0.25) is 0 Å². The molecule has 0 radical (unpaired) electrons. The molecule has 0 unspecified atom stereocenters. The lowest BCUT2D eigenvalue weighted by molar-refractivity contribution is 1.03. The van der Waals surface area contributed by atoms with Crippen LogP contribution in [0, 0.1) is 6.92 Å². The number of amidine groups is 1. The van der Waals surface area contributed by atoms with Crippen LogP contribution in [0.2, 0.25) is 0 Å². The number of nitrogens with one attached hydrogen (secondary N) is 1. The van der Waals surface area contributed by atoms with Gasteiger partial charge in [-0.15, -0.1) is 13.2 Å². The van der Waals surface area contributed by atoms with Crippen LogP contribution in [0.1, 0.15) is 5.69 Å². The first-order valence-corrected chi connectivity index (χ1v) is 7.47. The molecule has 0 spiro atoms. The van der Waals surface area contributed by atoms with Gasteiger partial charge in [-0.25, -0.2) is 9.97 Å². The van der Waals surface area contributed by atoms with E-state index < -0.39 is 0 Å². The summed E-state index contributed by atoms with van der Waals surface area (Å²) in [6.45, 7) is 10.6. The highest BCUT2D eigenvalue weighted by Gasteiger charge is 2.09. The molecule has 0 amide bonds. The standard InChI is InChI=1S/C16H18N4S/c1-4-10-17-16(18-11-5-2)21-15-12(3)19-13-8-6-7-9-14(13)20-15/h4-9H,1-2,10-11H2,3H3,(H,17,18). The Morgan fingerprint density at radius 2 is 1.95 bits per heavy atom. The van der Waals surface area contributed by atoms with Crippen LogP contribution in [-0.2, 0) is 0 Å². The molecular weight excluding hydrogens is 280 g/mol. The van der Waals surface area contributed by atoms with Gasteiger partial charge >= 0.3 is 0 Å². The molecule has 0 fully saturated rings. The zero-order chi connectivity index (χ0) is 15.1. The van der Waals surface area contributed by atoms with Crippen molar-refractivity contribution in [2.75, 3.05) is 13.1 Å². The first-order chi connectivity index (χ1) is 10.2. The summed E-state index contributed by atoms with van der Waals surface area (Å²) >= 11 is 1.48. The lowest BCUT2D eigenvalue weighted by Crippen LogP contribution is -2.21. The molecular formula is C16H18N4S. The summed E-state index contributed by atoms with van der Waals surface area (Å²) in [7, 11) is 0. The molecule has 2 aromatic rings. The Kier molecular flexibility index (Phi) is 5.51. The predicted octanol–water partition coefficient (Wildman–Crippen LogP) is 3.35. The maximum atomic E-state index is 4.66. The molecule has 1 N–H and O–H groups in total. The van der Waals surface area contributed by atoms with Crippen molar-refractivity contribution >= 4 is 28.0 Å². The Labute approximate surface area is 129 Å². The van der Waals surface area contributed by atoms with Crippen molar-refractivity contribution in [3.63, 3.8) is 0 Å². The van der Waals surface area contributed by atoms with E-state index in [0.717, 1.165) is 26.9 Å². The summed E-state index contributed by atoms with van der Waals surface area (Å²) < 4.78 is 0. The maximum Gasteiger partial charge on any atom is 0.163 e. The normalized spacial score (nSPS) is 11.4. The molecule has 0 aliphatic heterocycles. The average molecular weight is 298 g/mol. The predicted molar refractivity (Wildman–Crippen MR) is 90.8 cm³/mol. The van der Waals surface area contributed by atoms with Gasteiger partial charge in [0.25, 0.3) is 0 Å². The molecule has 0 bridgehead atoms. The van der Waals surface area contributed by atoms with Crippen molar-refractivity contribution < 1.29 is 0 Å². The summed E-state index contributed by atoms with van der Waals surface area (Å²) in [5.74, 6) is 0. The van der Waals surface area contributed by atoms with E-state index in [0.29, 0.717) is 13.1 Å². The number of benzene rings is 1. The van der Waals surface area contributed by atoms with Crippen molar-refractivity contribution in [1.29, 1.82) is 0 Å². The molecule has 0 saturated carbocycles. The van der Waals surface area contributed by atoms with Gasteiger partial charge in [0.15, 0.2) is 5.17 Å². The van der Waals surface area contributed by atoms with Crippen LogP contribution in [0.4, 0.5) is 0 Å². The Morgan fingerprint density at radius 3 is 2.62 bits per heavy atom. The molecule has 0 atom stereocenters. The van der Waals surface area contributed by atoms with Crippen molar-refractivity contribution in [3.05, 3.63) is 55.3 Å². The van der Waals surface area contributed by atoms with Gasteiger partial charge in [-0.2, -0.15) is 0 Å². The second-order valence-corrected chi connectivity index (χ2v) is 5.29. The molecule has 0 saturated heterocycles. The van der Waals surface area contributed by atoms with Gasteiger partial charge in [0.1, 0.15) is 5.03 Å². The largest absolute Gasteiger partial charge is 0.361 e. The fraction of sp³-hybridized carbons (Fsp3) is 0.188. The van der Waals surface area contributed by atoms with Crippen molar-refractivity contribution in [1.82, 2.24) is 15.3 Å². The number of aliphatic imine (C=N–C) groups is 1. The smallest absolute Gasteiger partial charge is 0.163 e. The average Bonchev–Trinajstić information content (AvgIpc) is 2.50. The third-order valence-electron chi connectivity index (χ3n) is 2.66. The van der Waals surface area contributed by atoms with Gasteiger partial charge in [0.05, 0.1) is 23.3 Å². The molecule has 2 rings (SSSR count).